The standard InChI is InChI=1S/C17H15BrFNO3/c1-11(14-5-3-4-6-16(14)19)20-23-10-12-9-13(18)7-8-15(12)17(21)22-2/h3-9H,10H2,1-2H3/b20-11+. The molecule has 120 valence electrons. The van der Waals surface area contributed by atoms with Gasteiger partial charge in [0.2, 0.25) is 0 Å². The SMILES string of the molecule is COC(=O)c1ccc(Br)cc1CO/N=C(\C)c1ccccc1F. The van der Waals surface area contributed by atoms with Crippen LogP contribution >= 0.6 is 15.9 Å². The van der Waals surface area contributed by atoms with E-state index in [1.54, 1.807) is 43.3 Å². The number of benzene rings is 2. The quantitative estimate of drug-likeness (QED) is 0.441. The minimum atomic E-state index is -0.453. The van der Waals surface area contributed by atoms with E-state index in [4.69, 9.17) is 9.57 Å². The Morgan fingerprint density at radius 2 is 1.96 bits per heavy atom. The van der Waals surface area contributed by atoms with Crippen molar-refractivity contribution in [3.8, 4) is 0 Å². The zero-order valence-electron chi connectivity index (χ0n) is 12.7. The molecule has 2 rings (SSSR count). The van der Waals surface area contributed by atoms with E-state index >= 15 is 0 Å². The maximum atomic E-state index is 13.7. The van der Waals surface area contributed by atoms with Crippen LogP contribution in [-0.2, 0) is 16.2 Å². The molecule has 23 heavy (non-hydrogen) atoms. The minimum Gasteiger partial charge on any atom is -0.465 e. The van der Waals surface area contributed by atoms with Crippen LogP contribution in [0.5, 0.6) is 0 Å². The van der Waals surface area contributed by atoms with Gasteiger partial charge in [-0.3, -0.25) is 0 Å². The summed E-state index contributed by atoms with van der Waals surface area (Å²) in [7, 11) is 1.31. The van der Waals surface area contributed by atoms with E-state index in [-0.39, 0.29) is 12.4 Å². The molecule has 2 aromatic rings. The van der Waals surface area contributed by atoms with E-state index in [2.05, 4.69) is 21.1 Å². The van der Waals surface area contributed by atoms with Crippen LogP contribution in [0.1, 0.15) is 28.4 Å². The summed E-state index contributed by atoms with van der Waals surface area (Å²) < 4.78 is 19.2. The van der Waals surface area contributed by atoms with Gasteiger partial charge in [0.15, 0.2) is 0 Å². The number of esters is 1. The van der Waals surface area contributed by atoms with Gasteiger partial charge in [-0.2, -0.15) is 0 Å². The molecule has 0 amide bonds. The lowest BCUT2D eigenvalue weighted by atomic mass is 10.1. The molecule has 2 aromatic carbocycles. The number of hydrogen-bond acceptors (Lipinski definition) is 4. The number of carbonyl (C=O) groups is 1. The monoisotopic (exact) mass is 379 g/mol. The number of hydrogen-bond donors (Lipinski definition) is 0. The van der Waals surface area contributed by atoms with Gasteiger partial charge in [0.05, 0.1) is 18.4 Å². The Bertz CT molecular complexity index is 746. The van der Waals surface area contributed by atoms with Gasteiger partial charge in [0, 0.05) is 15.6 Å². The molecular weight excluding hydrogens is 365 g/mol. The largest absolute Gasteiger partial charge is 0.465 e. The highest BCUT2D eigenvalue weighted by Gasteiger charge is 2.13. The molecular formula is C17H15BrFNO3. The van der Waals surface area contributed by atoms with E-state index in [0.717, 1.165) is 4.47 Å². The van der Waals surface area contributed by atoms with Crippen molar-refractivity contribution in [3.05, 3.63) is 69.4 Å². The van der Waals surface area contributed by atoms with E-state index in [1.165, 1.54) is 13.2 Å². The average molecular weight is 380 g/mol. The highest BCUT2D eigenvalue weighted by atomic mass is 79.9. The van der Waals surface area contributed by atoms with Gasteiger partial charge >= 0.3 is 5.97 Å². The molecule has 4 nitrogen and oxygen atoms in total. The topological polar surface area (TPSA) is 47.9 Å². The lowest BCUT2D eigenvalue weighted by Crippen LogP contribution is -2.07. The lowest BCUT2D eigenvalue weighted by Gasteiger charge is -2.08. The Kier molecular flexibility index (Phi) is 5.87. The van der Waals surface area contributed by atoms with Crippen molar-refractivity contribution < 1.29 is 18.8 Å². The van der Waals surface area contributed by atoms with Gasteiger partial charge in [-0.25, -0.2) is 9.18 Å². The van der Waals surface area contributed by atoms with Crippen molar-refractivity contribution in [1.82, 2.24) is 0 Å². The summed E-state index contributed by atoms with van der Waals surface area (Å²) in [5.41, 5.74) is 1.80. The van der Waals surface area contributed by atoms with Gasteiger partial charge < -0.3 is 9.57 Å². The van der Waals surface area contributed by atoms with E-state index in [0.29, 0.717) is 22.4 Å². The Hall–Kier alpha value is -2.21. The molecule has 0 aliphatic rings. The van der Waals surface area contributed by atoms with Crippen LogP contribution in [0.4, 0.5) is 4.39 Å². The van der Waals surface area contributed by atoms with Gasteiger partial charge in [-0.05, 0) is 31.2 Å². The molecule has 0 aromatic heterocycles. The Balaban J connectivity index is 2.15. The first kappa shape index (κ1) is 17.1. The van der Waals surface area contributed by atoms with Crippen LogP contribution in [0.2, 0.25) is 0 Å². The number of carbonyl (C=O) groups excluding carboxylic acids is 1. The second kappa shape index (κ2) is 7.87. The number of oxime groups is 1. The maximum absolute atomic E-state index is 13.7. The molecule has 0 fully saturated rings. The van der Waals surface area contributed by atoms with Crippen LogP contribution < -0.4 is 0 Å². The highest BCUT2D eigenvalue weighted by Crippen LogP contribution is 2.19. The van der Waals surface area contributed by atoms with Crippen molar-refractivity contribution in [1.29, 1.82) is 0 Å². The third-order valence-corrected chi connectivity index (χ3v) is 3.65. The van der Waals surface area contributed by atoms with Gasteiger partial charge in [0.25, 0.3) is 0 Å². The van der Waals surface area contributed by atoms with Crippen LogP contribution in [-0.4, -0.2) is 18.8 Å². The molecule has 0 unspecified atom stereocenters. The second-order valence-corrected chi connectivity index (χ2v) is 5.64. The molecule has 0 N–H and O–H groups in total. The van der Waals surface area contributed by atoms with E-state index in [9.17, 15) is 9.18 Å². The predicted octanol–water partition coefficient (Wildman–Crippen LogP) is 4.32. The van der Waals surface area contributed by atoms with Crippen LogP contribution in [0.25, 0.3) is 0 Å². The van der Waals surface area contributed by atoms with Crippen molar-refractivity contribution >= 4 is 27.6 Å². The predicted molar refractivity (Wildman–Crippen MR) is 88.9 cm³/mol. The average Bonchev–Trinajstić information content (AvgIpc) is 2.54. The molecule has 0 radical (unpaired) electrons. The Labute approximate surface area is 142 Å². The lowest BCUT2D eigenvalue weighted by molar-refractivity contribution is 0.0593. The molecule has 0 aliphatic heterocycles. The van der Waals surface area contributed by atoms with Crippen molar-refractivity contribution in [2.45, 2.75) is 13.5 Å². The maximum Gasteiger partial charge on any atom is 0.338 e. The minimum absolute atomic E-state index is 0.0651. The summed E-state index contributed by atoms with van der Waals surface area (Å²) in [6.45, 7) is 1.72. The summed E-state index contributed by atoms with van der Waals surface area (Å²) in [5, 5.41) is 3.92. The molecule has 0 atom stereocenters. The molecule has 0 aliphatic carbocycles. The van der Waals surface area contributed by atoms with Gasteiger partial charge in [-0.1, -0.05) is 39.3 Å². The van der Waals surface area contributed by atoms with Crippen molar-refractivity contribution in [2.75, 3.05) is 7.11 Å². The smallest absolute Gasteiger partial charge is 0.338 e. The fourth-order valence-corrected chi connectivity index (χ4v) is 2.40. The summed E-state index contributed by atoms with van der Waals surface area (Å²) in [6.07, 6.45) is 0. The van der Waals surface area contributed by atoms with Gasteiger partial charge in [0.1, 0.15) is 12.4 Å². The summed E-state index contributed by atoms with van der Waals surface area (Å²) in [4.78, 5) is 17.0. The molecule has 6 heteroatoms. The zero-order valence-corrected chi connectivity index (χ0v) is 14.3. The number of rotatable bonds is 5. The second-order valence-electron chi connectivity index (χ2n) is 4.72. The Morgan fingerprint density at radius 1 is 1.22 bits per heavy atom. The van der Waals surface area contributed by atoms with E-state index in [1.807, 2.05) is 0 Å². The molecule has 0 spiro atoms. The van der Waals surface area contributed by atoms with Crippen molar-refractivity contribution in [3.63, 3.8) is 0 Å². The molecule has 0 bridgehead atoms. The third-order valence-electron chi connectivity index (χ3n) is 3.16. The number of nitrogens with zero attached hydrogens (tertiary/aromatic N) is 1. The van der Waals surface area contributed by atoms with E-state index < -0.39 is 5.97 Å². The van der Waals surface area contributed by atoms with Crippen molar-refractivity contribution in [2.24, 2.45) is 5.16 Å². The molecule has 0 heterocycles. The zero-order chi connectivity index (χ0) is 16.8. The van der Waals surface area contributed by atoms with Crippen LogP contribution in [0.3, 0.4) is 0 Å². The summed E-state index contributed by atoms with van der Waals surface area (Å²) >= 11 is 3.34. The number of halogens is 2. The third kappa shape index (κ3) is 4.39. The van der Waals surface area contributed by atoms with Crippen LogP contribution in [0.15, 0.2) is 52.1 Å². The first-order chi connectivity index (χ1) is 11.0. The number of ether oxygens (including phenoxy) is 1. The summed E-state index contributed by atoms with van der Waals surface area (Å²) in [5.74, 6) is -0.819. The molecule has 0 saturated heterocycles. The first-order valence-corrected chi connectivity index (χ1v) is 7.60. The fraction of sp³-hybridized carbons (Fsp3) is 0.176. The summed E-state index contributed by atoms with van der Waals surface area (Å²) in [6, 6.07) is 11.4. The molecule has 0 saturated carbocycles. The highest BCUT2D eigenvalue weighted by molar-refractivity contribution is 9.10. The van der Waals surface area contributed by atoms with Crippen LogP contribution in [0, 0.1) is 5.82 Å². The Morgan fingerprint density at radius 3 is 2.65 bits per heavy atom. The normalized spacial score (nSPS) is 11.2. The number of methoxy groups -OCH3 is 1. The first-order valence-electron chi connectivity index (χ1n) is 6.81. The fourth-order valence-electron chi connectivity index (χ4n) is 1.99. The van der Waals surface area contributed by atoms with Gasteiger partial charge in [-0.15, -0.1) is 0 Å².